The third-order valence-corrected chi connectivity index (χ3v) is 7.20. The molecule has 0 radical (unpaired) electrons. The van der Waals surface area contributed by atoms with Crippen molar-refractivity contribution in [3.63, 3.8) is 0 Å². The minimum Gasteiger partial charge on any atom is -0.444 e. The number of carbonyl (C=O) groups is 1. The molecule has 188 valence electrons. The lowest BCUT2D eigenvalue weighted by molar-refractivity contribution is -0.182. The molecule has 6 nitrogen and oxygen atoms in total. The van der Waals surface area contributed by atoms with Crippen molar-refractivity contribution in [3.8, 4) is 0 Å². The summed E-state index contributed by atoms with van der Waals surface area (Å²) in [4.78, 5) is 19.1. The van der Waals surface area contributed by atoms with Crippen LogP contribution in [0.3, 0.4) is 0 Å². The number of likely N-dealkylation sites (tertiary alicyclic amines) is 1. The molecule has 1 aliphatic heterocycles. The topological polar surface area (TPSA) is 59.7 Å². The first kappa shape index (κ1) is 24.8. The van der Waals surface area contributed by atoms with Crippen molar-refractivity contribution in [2.75, 3.05) is 13.1 Å². The smallest absolute Gasteiger partial charge is 0.410 e. The number of aryl methyl sites for hydroxylation is 1. The van der Waals surface area contributed by atoms with E-state index in [0.717, 1.165) is 23.5 Å². The molecular formula is C25H35F3N4O2. The summed E-state index contributed by atoms with van der Waals surface area (Å²) in [5.41, 5.74) is 2.81. The highest BCUT2D eigenvalue weighted by atomic mass is 19.4. The van der Waals surface area contributed by atoms with E-state index in [0.29, 0.717) is 37.5 Å². The van der Waals surface area contributed by atoms with E-state index in [2.05, 4.69) is 11.9 Å². The van der Waals surface area contributed by atoms with Crippen LogP contribution in [-0.4, -0.2) is 50.5 Å². The zero-order chi connectivity index (χ0) is 24.8. The second-order valence-corrected chi connectivity index (χ2v) is 11.1. The zero-order valence-corrected chi connectivity index (χ0v) is 20.7. The number of nitrogens with zero attached hydrogens (tertiary/aromatic N) is 4. The van der Waals surface area contributed by atoms with Gasteiger partial charge in [0.25, 0.3) is 0 Å². The number of amides is 1. The monoisotopic (exact) mass is 480 g/mol. The molecule has 1 amide bonds. The number of fused-ring (bicyclic) bond motifs is 1. The Kier molecular flexibility index (Phi) is 6.59. The van der Waals surface area contributed by atoms with E-state index in [1.165, 1.54) is 0 Å². The van der Waals surface area contributed by atoms with Crippen LogP contribution in [0.15, 0.2) is 12.1 Å². The Morgan fingerprint density at radius 3 is 2.38 bits per heavy atom. The molecule has 0 N–H and O–H groups in total. The fourth-order valence-corrected chi connectivity index (χ4v) is 5.27. The molecule has 1 aliphatic carbocycles. The molecule has 0 bridgehead atoms. The third-order valence-electron chi connectivity index (χ3n) is 7.20. The summed E-state index contributed by atoms with van der Waals surface area (Å²) in [5.74, 6) is -0.813. The summed E-state index contributed by atoms with van der Waals surface area (Å²) in [6.45, 7) is 10.9. The van der Waals surface area contributed by atoms with E-state index < -0.39 is 17.7 Å². The highest BCUT2D eigenvalue weighted by Crippen LogP contribution is 2.43. The molecule has 1 saturated carbocycles. The quantitative estimate of drug-likeness (QED) is 0.511. The lowest BCUT2D eigenvalue weighted by atomic mass is 9.80. The van der Waals surface area contributed by atoms with Crippen molar-refractivity contribution in [2.24, 2.45) is 11.8 Å². The van der Waals surface area contributed by atoms with Gasteiger partial charge >= 0.3 is 12.3 Å². The molecule has 0 aromatic carbocycles. The van der Waals surface area contributed by atoms with Crippen LogP contribution in [0.1, 0.15) is 88.7 Å². The van der Waals surface area contributed by atoms with Crippen LogP contribution in [-0.2, 0) is 4.74 Å². The van der Waals surface area contributed by atoms with Gasteiger partial charge in [0, 0.05) is 36.7 Å². The van der Waals surface area contributed by atoms with Crippen LogP contribution in [0, 0.1) is 18.8 Å². The summed E-state index contributed by atoms with van der Waals surface area (Å²) in [6, 6.07) is 3.94. The number of halogens is 3. The van der Waals surface area contributed by atoms with Gasteiger partial charge < -0.3 is 9.64 Å². The molecule has 2 aromatic heterocycles. The van der Waals surface area contributed by atoms with Crippen LogP contribution in [0.2, 0.25) is 0 Å². The Morgan fingerprint density at radius 2 is 1.76 bits per heavy atom. The molecule has 34 heavy (non-hydrogen) atoms. The van der Waals surface area contributed by atoms with E-state index in [-0.39, 0.29) is 30.8 Å². The highest BCUT2D eigenvalue weighted by Gasteiger charge is 2.42. The van der Waals surface area contributed by atoms with Gasteiger partial charge in [-0.15, -0.1) is 0 Å². The average molecular weight is 481 g/mol. The number of hydrogen-bond donors (Lipinski definition) is 0. The molecule has 1 saturated heterocycles. The molecule has 9 heteroatoms. The van der Waals surface area contributed by atoms with Crippen LogP contribution < -0.4 is 0 Å². The molecule has 0 unspecified atom stereocenters. The number of piperidine rings is 1. The van der Waals surface area contributed by atoms with Crippen LogP contribution in [0.25, 0.3) is 5.65 Å². The number of carbonyl (C=O) groups excluding carboxylic acids is 1. The average Bonchev–Trinajstić information content (AvgIpc) is 3.15. The second kappa shape index (κ2) is 9.04. The van der Waals surface area contributed by atoms with Gasteiger partial charge in [-0.25, -0.2) is 14.3 Å². The summed E-state index contributed by atoms with van der Waals surface area (Å²) >= 11 is 0. The van der Waals surface area contributed by atoms with E-state index in [4.69, 9.17) is 9.84 Å². The Labute approximate surface area is 198 Å². The van der Waals surface area contributed by atoms with Crippen LogP contribution in [0.5, 0.6) is 0 Å². The Balaban J connectivity index is 1.59. The maximum Gasteiger partial charge on any atom is 0.410 e. The van der Waals surface area contributed by atoms with E-state index in [1.54, 1.807) is 4.90 Å². The van der Waals surface area contributed by atoms with Gasteiger partial charge in [-0.2, -0.15) is 18.3 Å². The molecule has 2 aromatic rings. The maximum absolute atomic E-state index is 13.1. The lowest BCUT2D eigenvalue weighted by Gasteiger charge is -2.38. The predicted octanol–water partition coefficient (Wildman–Crippen LogP) is 6.23. The van der Waals surface area contributed by atoms with Gasteiger partial charge in [0.1, 0.15) is 5.60 Å². The lowest BCUT2D eigenvalue weighted by Crippen LogP contribution is -2.45. The van der Waals surface area contributed by atoms with Gasteiger partial charge in [-0.3, -0.25) is 0 Å². The summed E-state index contributed by atoms with van der Waals surface area (Å²) in [6.07, 6.45) is -2.33. The normalized spacial score (nSPS) is 26.6. The second-order valence-electron chi connectivity index (χ2n) is 11.1. The number of aromatic nitrogens is 3. The Morgan fingerprint density at radius 1 is 1.09 bits per heavy atom. The van der Waals surface area contributed by atoms with E-state index in [1.807, 2.05) is 44.3 Å². The van der Waals surface area contributed by atoms with Crippen molar-refractivity contribution in [1.29, 1.82) is 0 Å². The van der Waals surface area contributed by atoms with Crippen LogP contribution >= 0.6 is 0 Å². The number of ether oxygens (including phenoxy) is 1. The standard InChI is InChI=1S/C25H35F3N4O2/c1-15-10-11-31(23(33)34-24(3,4)5)14-19(15)21-12-16(2)29-22-13-20(30-32(21)22)17-6-8-18(9-7-17)25(26,27)28/h12-13,15,17-19H,6-11,14H2,1-5H3/t15-,17?,18?,19+/m1/s1. The minimum atomic E-state index is -4.12. The van der Waals surface area contributed by atoms with Crippen molar-refractivity contribution in [2.45, 2.75) is 90.3 Å². The molecule has 2 aliphatic rings. The highest BCUT2D eigenvalue weighted by molar-refractivity contribution is 5.68. The van der Waals surface area contributed by atoms with Gasteiger partial charge in [-0.1, -0.05) is 6.92 Å². The first-order chi connectivity index (χ1) is 15.8. The zero-order valence-electron chi connectivity index (χ0n) is 20.7. The molecule has 3 heterocycles. The van der Waals surface area contributed by atoms with Gasteiger partial charge in [-0.05, 0) is 71.8 Å². The van der Waals surface area contributed by atoms with Gasteiger partial charge in [0.2, 0.25) is 0 Å². The van der Waals surface area contributed by atoms with E-state index in [9.17, 15) is 18.0 Å². The number of hydrogen-bond acceptors (Lipinski definition) is 4. The minimum absolute atomic E-state index is 0.00972. The van der Waals surface area contributed by atoms with Gasteiger partial charge in [0.05, 0.1) is 17.3 Å². The summed E-state index contributed by atoms with van der Waals surface area (Å²) in [7, 11) is 0. The SMILES string of the molecule is Cc1cc([C@H]2CN(C(=O)OC(C)(C)C)CC[C@H]2C)n2nc(C3CCC(C(F)(F)F)CC3)cc2n1. The van der Waals surface area contributed by atoms with Crippen LogP contribution in [0.4, 0.5) is 18.0 Å². The number of alkyl halides is 3. The fourth-order valence-electron chi connectivity index (χ4n) is 5.27. The molecule has 0 spiro atoms. The first-order valence-electron chi connectivity index (χ1n) is 12.2. The molecule has 2 fully saturated rings. The largest absolute Gasteiger partial charge is 0.444 e. The molecule has 2 atom stereocenters. The third kappa shape index (κ3) is 5.33. The predicted molar refractivity (Wildman–Crippen MR) is 123 cm³/mol. The Bertz CT molecular complexity index is 1040. The van der Waals surface area contributed by atoms with Crippen molar-refractivity contribution >= 4 is 11.7 Å². The first-order valence-corrected chi connectivity index (χ1v) is 12.2. The van der Waals surface area contributed by atoms with Crippen molar-refractivity contribution < 1.29 is 22.7 Å². The summed E-state index contributed by atoms with van der Waals surface area (Å²) < 4.78 is 46.7. The fraction of sp³-hybridized carbons (Fsp3) is 0.720. The summed E-state index contributed by atoms with van der Waals surface area (Å²) in [5, 5.41) is 4.84. The van der Waals surface area contributed by atoms with Crippen molar-refractivity contribution in [1.82, 2.24) is 19.5 Å². The Hall–Kier alpha value is -2.32. The molecular weight excluding hydrogens is 445 g/mol. The number of rotatable bonds is 2. The maximum atomic E-state index is 13.1. The molecule has 4 rings (SSSR count). The van der Waals surface area contributed by atoms with E-state index >= 15 is 0 Å². The van der Waals surface area contributed by atoms with Crippen molar-refractivity contribution in [3.05, 3.63) is 29.2 Å². The van der Waals surface area contributed by atoms with Gasteiger partial charge in [0.15, 0.2) is 5.65 Å².